The molecule has 0 aromatic carbocycles. The van der Waals surface area contributed by atoms with Gasteiger partial charge in [-0.1, -0.05) is 0 Å². The molecular formula is C8H10N2O2S. The van der Waals surface area contributed by atoms with Crippen molar-refractivity contribution in [2.24, 2.45) is 0 Å². The molecule has 1 aliphatic rings. The van der Waals surface area contributed by atoms with E-state index in [1.807, 2.05) is 0 Å². The first-order chi connectivity index (χ1) is 6.20. The van der Waals surface area contributed by atoms with E-state index in [2.05, 4.69) is 10.3 Å². The molecule has 2 heterocycles. The molecule has 70 valence electrons. The standard InChI is InChI=1S/C8H10N2O2S/c11-13(12)5-1-3-10-7-2-4-9-6-8(7)13/h2,4,6,10H,1,3,5H2. The van der Waals surface area contributed by atoms with Gasteiger partial charge in [-0.25, -0.2) is 8.42 Å². The molecule has 1 aromatic rings. The third kappa shape index (κ3) is 1.51. The summed E-state index contributed by atoms with van der Waals surface area (Å²) in [6.45, 7) is 0.705. The van der Waals surface area contributed by atoms with Crippen molar-refractivity contribution in [1.29, 1.82) is 0 Å². The van der Waals surface area contributed by atoms with E-state index in [1.165, 1.54) is 6.20 Å². The van der Waals surface area contributed by atoms with Gasteiger partial charge in [0.1, 0.15) is 4.90 Å². The van der Waals surface area contributed by atoms with Crippen LogP contribution in [0.15, 0.2) is 23.4 Å². The lowest BCUT2D eigenvalue weighted by atomic mass is 10.4. The van der Waals surface area contributed by atoms with Crippen molar-refractivity contribution < 1.29 is 8.42 Å². The number of rotatable bonds is 0. The monoisotopic (exact) mass is 198 g/mol. The molecule has 0 saturated heterocycles. The fourth-order valence-electron chi connectivity index (χ4n) is 1.37. The smallest absolute Gasteiger partial charge is 0.182 e. The van der Waals surface area contributed by atoms with Gasteiger partial charge in [0.2, 0.25) is 0 Å². The van der Waals surface area contributed by atoms with Gasteiger partial charge >= 0.3 is 0 Å². The van der Waals surface area contributed by atoms with E-state index < -0.39 is 9.84 Å². The highest BCUT2D eigenvalue weighted by Gasteiger charge is 2.21. The van der Waals surface area contributed by atoms with Crippen LogP contribution in [-0.2, 0) is 9.84 Å². The van der Waals surface area contributed by atoms with Crippen LogP contribution < -0.4 is 5.32 Å². The molecule has 0 amide bonds. The summed E-state index contributed by atoms with van der Waals surface area (Å²) in [5, 5.41) is 3.06. The quantitative estimate of drug-likeness (QED) is 0.665. The third-order valence-electron chi connectivity index (χ3n) is 2.02. The molecule has 0 bridgehead atoms. The first kappa shape index (κ1) is 8.50. The van der Waals surface area contributed by atoms with Crippen LogP contribution >= 0.6 is 0 Å². The van der Waals surface area contributed by atoms with Gasteiger partial charge in [-0.05, 0) is 12.5 Å². The summed E-state index contributed by atoms with van der Waals surface area (Å²) in [6, 6.07) is 1.69. The number of sulfone groups is 1. The zero-order chi connectivity index (χ0) is 9.31. The Hall–Kier alpha value is -1.10. The molecule has 5 heteroatoms. The van der Waals surface area contributed by atoms with Gasteiger partial charge in [0.15, 0.2) is 9.84 Å². The average molecular weight is 198 g/mol. The highest BCUT2D eigenvalue weighted by atomic mass is 32.2. The summed E-state index contributed by atoms with van der Waals surface area (Å²) >= 11 is 0. The Morgan fingerprint density at radius 3 is 3.15 bits per heavy atom. The molecule has 4 nitrogen and oxygen atoms in total. The highest BCUT2D eigenvalue weighted by Crippen LogP contribution is 2.23. The van der Waals surface area contributed by atoms with Crippen molar-refractivity contribution in [3.63, 3.8) is 0 Å². The van der Waals surface area contributed by atoms with Gasteiger partial charge in [-0.2, -0.15) is 0 Å². The number of nitrogens with zero attached hydrogens (tertiary/aromatic N) is 1. The van der Waals surface area contributed by atoms with Crippen molar-refractivity contribution in [3.8, 4) is 0 Å². The maximum absolute atomic E-state index is 11.6. The number of hydrogen-bond donors (Lipinski definition) is 1. The SMILES string of the molecule is O=S1(=O)CCCNc2ccncc21. The van der Waals surface area contributed by atoms with E-state index in [-0.39, 0.29) is 5.75 Å². The zero-order valence-corrected chi connectivity index (χ0v) is 7.84. The molecule has 2 rings (SSSR count). The van der Waals surface area contributed by atoms with Gasteiger partial charge in [0.05, 0.1) is 11.4 Å². The van der Waals surface area contributed by atoms with E-state index in [0.29, 0.717) is 23.5 Å². The maximum atomic E-state index is 11.6. The minimum absolute atomic E-state index is 0.207. The molecule has 0 aliphatic carbocycles. The lowest BCUT2D eigenvalue weighted by Crippen LogP contribution is -2.05. The number of anilines is 1. The Kier molecular flexibility index (Phi) is 1.95. The first-order valence-corrected chi connectivity index (χ1v) is 5.76. The predicted octanol–water partition coefficient (Wildman–Crippen LogP) is 0.671. The fourth-order valence-corrected chi connectivity index (χ4v) is 2.81. The van der Waals surface area contributed by atoms with Gasteiger partial charge in [0, 0.05) is 18.9 Å². The summed E-state index contributed by atoms with van der Waals surface area (Å²) in [6.07, 6.45) is 3.65. The largest absolute Gasteiger partial charge is 0.384 e. The van der Waals surface area contributed by atoms with Crippen molar-refractivity contribution >= 4 is 15.5 Å². The van der Waals surface area contributed by atoms with Crippen molar-refractivity contribution in [2.45, 2.75) is 11.3 Å². The van der Waals surface area contributed by atoms with Crippen LogP contribution in [0.5, 0.6) is 0 Å². The van der Waals surface area contributed by atoms with Crippen LogP contribution in [0.25, 0.3) is 0 Å². The molecule has 0 spiro atoms. The molecule has 1 N–H and O–H groups in total. The lowest BCUT2D eigenvalue weighted by molar-refractivity contribution is 0.595. The molecule has 0 saturated carbocycles. The lowest BCUT2D eigenvalue weighted by Gasteiger charge is -2.04. The second-order valence-electron chi connectivity index (χ2n) is 2.97. The normalized spacial score (nSPS) is 19.7. The summed E-state index contributed by atoms with van der Waals surface area (Å²) in [5.41, 5.74) is 0.674. The van der Waals surface area contributed by atoms with Gasteiger partial charge in [-0.3, -0.25) is 4.98 Å². The Balaban J connectivity index is 2.62. The van der Waals surface area contributed by atoms with E-state index in [0.717, 1.165) is 0 Å². The van der Waals surface area contributed by atoms with E-state index in [4.69, 9.17) is 0 Å². The predicted molar refractivity (Wildman–Crippen MR) is 49.4 cm³/mol. The molecule has 1 aromatic heterocycles. The van der Waals surface area contributed by atoms with Crippen LogP contribution in [0.4, 0.5) is 5.69 Å². The third-order valence-corrected chi connectivity index (χ3v) is 3.85. The van der Waals surface area contributed by atoms with Gasteiger partial charge in [0.25, 0.3) is 0 Å². The molecule has 0 unspecified atom stereocenters. The number of nitrogens with one attached hydrogen (secondary N) is 1. The number of fused-ring (bicyclic) bond motifs is 1. The van der Waals surface area contributed by atoms with Crippen LogP contribution in [0.1, 0.15) is 6.42 Å². The van der Waals surface area contributed by atoms with Crippen LogP contribution in [0.2, 0.25) is 0 Å². The van der Waals surface area contributed by atoms with Gasteiger partial charge < -0.3 is 5.32 Å². The molecule has 13 heavy (non-hydrogen) atoms. The molecule has 0 fully saturated rings. The fraction of sp³-hybridized carbons (Fsp3) is 0.375. The Labute approximate surface area is 76.9 Å². The topological polar surface area (TPSA) is 59.1 Å². The molecule has 0 radical (unpaired) electrons. The Bertz CT molecular complexity index is 414. The number of aromatic nitrogens is 1. The summed E-state index contributed by atoms with van der Waals surface area (Å²) in [7, 11) is -3.10. The summed E-state index contributed by atoms with van der Waals surface area (Å²) in [4.78, 5) is 4.14. The average Bonchev–Trinajstić information content (AvgIpc) is 2.26. The van der Waals surface area contributed by atoms with E-state index in [1.54, 1.807) is 12.3 Å². The van der Waals surface area contributed by atoms with Gasteiger partial charge in [-0.15, -0.1) is 0 Å². The zero-order valence-electron chi connectivity index (χ0n) is 7.03. The number of hydrogen-bond acceptors (Lipinski definition) is 4. The second kappa shape index (κ2) is 2.99. The van der Waals surface area contributed by atoms with Crippen LogP contribution in [-0.4, -0.2) is 25.7 Å². The molecule has 0 atom stereocenters. The van der Waals surface area contributed by atoms with Crippen LogP contribution in [0.3, 0.4) is 0 Å². The van der Waals surface area contributed by atoms with Crippen molar-refractivity contribution in [1.82, 2.24) is 4.98 Å². The molecule has 1 aliphatic heterocycles. The highest BCUT2D eigenvalue weighted by molar-refractivity contribution is 7.91. The second-order valence-corrected chi connectivity index (χ2v) is 5.05. The Morgan fingerprint density at radius 2 is 2.31 bits per heavy atom. The molecular weight excluding hydrogens is 188 g/mol. The van der Waals surface area contributed by atoms with Crippen LogP contribution in [0, 0.1) is 0 Å². The summed E-state index contributed by atoms with van der Waals surface area (Å²) in [5.74, 6) is 0.207. The van der Waals surface area contributed by atoms with E-state index in [9.17, 15) is 8.42 Å². The minimum atomic E-state index is -3.10. The first-order valence-electron chi connectivity index (χ1n) is 4.11. The maximum Gasteiger partial charge on any atom is 0.182 e. The van der Waals surface area contributed by atoms with Crippen molar-refractivity contribution in [3.05, 3.63) is 18.5 Å². The van der Waals surface area contributed by atoms with E-state index >= 15 is 0 Å². The Morgan fingerprint density at radius 1 is 1.46 bits per heavy atom. The van der Waals surface area contributed by atoms with Crippen molar-refractivity contribution in [2.75, 3.05) is 17.6 Å². The summed E-state index contributed by atoms with van der Waals surface area (Å²) < 4.78 is 23.2. The minimum Gasteiger partial charge on any atom is -0.384 e. The number of pyridine rings is 1.